The quantitative estimate of drug-likeness (QED) is 0.674. The van der Waals surface area contributed by atoms with Crippen molar-refractivity contribution in [1.29, 1.82) is 0 Å². The number of piperidine rings is 1. The fourth-order valence-corrected chi connectivity index (χ4v) is 4.27. The van der Waals surface area contributed by atoms with E-state index in [9.17, 15) is 14.7 Å². The SMILES string of the molecule is CC(C)OC(=O)[C@@H]1[C@H](O)C(C(=O)c2ccccc2)[C@H]2CC[C@@H]1N2C. The van der Waals surface area contributed by atoms with E-state index < -0.39 is 23.9 Å². The van der Waals surface area contributed by atoms with E-state index in [1.54, 1.807) is 26.0 Å². The van der Waals surface area contributed by atoms with Crippen LogP contribution in [0.3, 0.4) is 0 Å². The minimum atomic E-state index is -1.00. The number of benzene rings is 1. The standard InChI is InChI=1S/C19H25NO4/c1-11(2)24-19(23)16-14-10-9-13(20(14)3)15(18(16)22)17(21)12-7-5-4-6-8-12/h4-8,11,13-16,18,22H,9-10H2,1-3H3/t13-,14+,15?,16+,18-/m1/s1. The summed E-state index contributed by atoms with van der Waals surface area (Å²) in [7, 11) is 1.94. The van der Waals surface area contributed by atoms with Crippen LogP contribution in [0.25, 0.3) is 0 Å². The highest BCUT2D eigenvalue weighted by Crippen LogP contribution is 2.43. The topological polar surface area (TPSA) is 66.8 Å². The largest absolute Gasteiger partial charge is 0.463 e. The minimum Gasteiger partial charge on any atom is -0.463 e. The molecule has 130 valence electrons. The second-order valence-corrected chi connectivity index (χ2v) is 7.14. The number of fused-ring (bicyclic) bond motifs is 2. The van der Waals surface area contributed by atoms with Gasteiger partial charge in [0.15, 0.2) is 5.78 Å². The molecule has 5 nitrogen and oxygen atoms in total. The Labute approximate surface area is 142 Å². The van der Waals surface area contributed by atoms with Crippen molar-refractivity contribution < 1.29 is 19.4 Å². The zero-order valence-electron chi connectivity index (χ0n) is 14.4. The zero-order chi connectivity index (χ0) is 17.4. The van der Waals surface area contributed by atoms with Crippen molar-refractivity contribution >= 4 is 11.8 Å². The number of Topliss-reactive ketones (excluding diaryl/α,β-unsaturated/α-hetero) is 1. The predicted molar refractivity (Wildman–Crippen MR) is 89.6 cm³/mol. The first-order chi connectivity index (χ1) is 11.4. The summed E-state index contributed by atoms with van der Waals surface area (Å²) in [6.07, 6.45) is 0.372. The summed E-state index contributed by atoms with van der Waals surface area (Å²) < 4.78 is 5.36. The molecule has 2 saturated heterocycles. The monoisotopic (exact) mass is 331 g/mol. The summed E-state index contributed by atoms with van der Waals surface area (Å²) in [5.74, 6) is -1.77. The lowest BCUT2D eigenvalue weighted by Gasteiger charge is -2.44. The highest BCUT2D eigenvalue weighted by Gasteiger charge is 2.56. The maximum atomic E-state index is 13.0. The maximum absolute atomic E-state index is 13.0. The van der Waals surface area contributed by atoms with Gasteiger partial charge in [0.1, 0.15) is 0 Å². The van der Waals surface area contributed by atoms with Crippen molar-refractivity contribution in [2.75, 3.05) is 7.05 Å². The number of aliphatic hydroxyl groups excluding tert-OH is 1. The van der Waals surface area contributed by atoms with Gasteiger partial charge in [-0.15, -0.1) is 0 Å². The van der Waals surface area contributed by atoms with Gasteiger partial charge in [-0.05, 0) is 33.7 Å². The van der Waals surface area contributed by atoms with Crippen molar-refractivity contribution in [1.82, 2.24) is 4.90 Å². The maximum Gasteiger partial charge on any atom is 0.313 e. The van der Waals surface area contributed by atoms with Crippen molar-refractivity contribution in [2.24, 2.45) is 11.8 Å². The van der Waals surface area contributed by atoms with E-state index in [1.807, 2.05) is 25.2 Å². The van der Waals surface area contributed by atoms with Crippen molar-refractivity contribution in [2.45, 2.75) is 51.0 Å². The van der Waals surface area contributed by atoms with Gasteiger partial charge < -0.3 is 9.84 Å². The van der Waals surface area contributed by atoms with Gasteiger partial charge in [0.2, 0.25) is 0 Å². The van der Waals surface area contributed by atoms with E-state index in [-0.39, 0.29) is 24.0 Å². The molecule has 5 atom stereocenters. The van der Waals surface area contributed by atoms with Crippen LogP contribution in [0.2, 0.25) is 0 Å². The van der Waals surface area contributed by atoms with Gasteiger partial charge in [0.25, 0.3) is 0 Å². The molecule has 2 bridgehead atoms. The number of hydrogen-bond acceptors (Lipinski definition) is 5. The Kier molecular flexibility index (Phi) is 4.74. The first-order valence-electron chi connectivity index (χ1n) is 8.61. The Balaban J connectivity index is 1.91. The average molecular weight is 331 g/mol. The molecule has 1 aromatic rings. The third-order valence-corrected chi connectivity index (χ3v) is 5.35. The molecule has 0 aromatic heterocycles. The lowest BCUT2D eigenvalue weighted by atomic mass is 9.76. The third-order valence-electron chi connectivity index (χ3n) is 5.35. The van der Waals surface area contributed by atoms with Gasteiger partial charge >= 0.3 is 5.97 Å². The fraction of sp³-hybridized carbons (Fsp3) is 0.579. The number of esters is 1. The van der Waals surface area contributed by atoms with Crippen LogP contribution in [0.15, 0.2) is 30.3 Å². The highest BCUT2D eigenvalue weighted by atomic mass is 16.5. The van der Waals surface area contributed by atoms with Gasteiger partial charge in [0, 0.05) is 17.6 Å². The highest BCUT2D eigenvalue weighted by molar-refractivity contribution is 5.99. The van der Waals surface area contributed by atoms with Crippen LogP contribution in [0.4, 0.5) is 0 Å². The zero-order valence-corrected chi connectivity index (χ0v) is 14.4. The second-order valence-electron chi connectivity index (χ2n) is 7.14. The summed E-state index contributed by atoms with van der Waals surface area (Å²) in [4.78, 5) is 27.6. The van der Waals surface area contributed by atoms with Gasteiger partial charge in [0.05, 0.1) is 24.0 Å². The normalized spacial score (nSPS) is 32.8. The van der Waals surface area contributed by atoms with Crippen LogP contribution in [0.5, 0.6) is 0 Å². The Hall–Kier alpha value is -1.72. The fourth-order valence-electron chi connectivity index (χ4n) is 4.27. The molecule has 1 unspecified atom stereocenters. The number of ether oxygens (including phenoxy) is 1. The molecule has 0 spiro atoms. The number of carbonyl (C=O) groups is 2. The molecule has 0 saturated carbocycles. The molecular formula is C19H25NO4. The van der Waals surface area contributed by atoms with Crippen LogP contribution in [-0.2, 0) is 9.53 Å². The summed E-state index contributed by atoms with van der Waals surface area (Å²) >= 11 is 0. The number of rotatable bonds is 4. The first kappa shape index (κ1) is 17.1. The Morgan fingerprint density at radius 2 is 1.71 bits per heavy atom. The molecule has 0 amide bonds. The second kappa shape index (κ2) is 6.65. The lowest BCUT2D eigenvalue weighted by Crippen LogP contribution is -2.59. The van der Waals surface area contributed by atoms with Crippen LogP contribution in [0.1, 0.15) is 37.0 Å². The molecule has 1 aromatic carbocycles. The number of aliphatic hydroxyl groups is 1. The molecule has 0 radical (unpaired) electrons. The summed E-state index contributed by atoms with van der Waals surface area (Å²) in [6, 6.07) is 8.92. The molecule has 0 aliphatic carbocycles. The lowest BCUT2D eigenvalue weighted by molar-refractivity contribution is -0.165. The number of carbonyl (C=O) groups excluding carboxylic acids is 2. The summed E-state index contributed by atoms with van der Waals surface area (Å²) in [5.41, 5.74) is 0.580. The van der Waals surface area contributed by atoms with Gasteiger partial charge in [-0.1, -0.05) is 30.3 Å². The van der Waals surface area contributed by atoms with Crippen molar-refractivity contribution in [3.8, 4) is 0 Å². The molecule has 2 aliphatic heterocycles. The molecule has 2 aliphatic rings. The molecule has 1 N–H and O–H groups in total. The van der Waals surface area contributed by atoms with Crippen LogP contribution >= 0.6 is 0 Å². The molecule has 5 heteroatoms. The van der Waals surface area contributed by atoms with Gasteiger partial charge in [-0.3, -0.25) is 14.5 Å². The number of hydrogen-bond donors (Lipinski definition) is 1. The number of nitrogens with zero attached hydrogens (tertiary/aromatic N) is 1. The van der Waals surface area contributed by atoms with E-state index >= 15 is 0 Å². The molecule has 2 heterocycles. The van der Waals surface area contributed by atoms with Crippen LogP contribution in [-0.4, -0.2) is 53.1 Å². The predicted octanol–water partition coefficient (Wildman–Crippen LogP) is 1.89. The number of ketones is 1. The Bertz CT molecular complexity index is 615. The van der Waals surface area contributed by atoms with E-state index in [2.05, 4.69) is 4.90 Å². The third kappa shape index (κ3) is 2.87. The smallest absolute Gasteiger partial charge is 0.313 e. The summed E-state index contributed by atoms with van der Waals surface area (Å²) in [6.45, 7) is 3.59. The molecular weight excluding hydrogens is 306 g/mol. The van der Waals surface area contributed by atoms with E-state index in [1.165, 1.54) is 0 Å². The molecule has 2 fully saturated rings. The van der Waals surface area contributed by atoms with E-state index in [4.69, 9.17) is 4.74 Å². The van der Waals surface area contributed by atoms with Gasteiger partial charge in [-0.2, -0.15) is 0 Å². The Morgan fingerprint density at radius 3 is 2.29 bits per heavy atom. The van der Waals surface area contributed by atoms with E-state index in [0.717, 1.165) is 12.8 Å². The van der Waals surface area contributed by atoms with Crippen molar-refractivity contribution in [3.63, 3.8) is 0 Å². The van der Waals surface area contributed by atoms with Crippen molar-refractivity contribution in [3.05, 3.63) is 35.9 Å². The molecule has 3 rings (SSSR count). The Morgan fingerprint density at radius 1 is 1.12 bits per heavy atom. The van der Waals surface area contributed by atoms with Gasteiger partial charge in [-0.25, -0.2) is 0 Å². The summed E-state index contributed by atoms with van der Waals surface area (Å²) in [5, 5.41) is 10.9. The molecule has 24 heavy (non-hydrogen) atoms. The van der Waals surface area contributed by atoms with Crippen LogP contribution < -0.4 is 0 Å². The first-order valence-corrected chi connectivity index (χ1v) is 8.61. The average Bonchev–Trinajstić information content (AvgIpc) is 2.81. The van der Waals surface area contributed by atoms with E-state index in [0.29, 0.717) is 5.56 Å². The van der Waals surface area contributed by atoms with Crippen LogP contribution in [0, 0.1) is 11.8 Å². The minimum absolute atomic E-state index is 0.0270.